The van der Waals surface area contributed by atoms with E-state index in [9.17, 15) is 9.90 Å². The van der Waals surface area contributed by atoms with Crippen molar-refractivity contribution in [3.63, 3.8) is 0 Å². The van der Waals surface area contributed by atoms with Gasteiger partial charge in [0.05, 0.1) is 21.3 Å². The molecule has 0 bridgehead atoms. The number of hydrogen-bond acceptors (Lipinski definition) is 6. The predicted octanol–water partition coefficient (Wildman–Crippen LogP) is 5.11. The van der Waals surface area contributed by atoms with Gasteiger partial charge in [0.25, 0.3) is 0 Å². The summed E-state index contributed by atoms with van der Waals surface area (Å²) in [7, 11) is 4.25. The molecule has 0 atom stereocenters. The van der Waals surface area contributed by atoms with Gasteiger partial charge < -0.3 is 24.1 Å². The number of phenolic OH excluding ortho intramolecular Hbond substituents is 1. The molecule has 3 rings (SSSR count). The summed E-state index contributed by atoms with van der Waals surface area (Å²) in [4.78, 5) is 12.8. The molecule has 0 aliphatic heterocycles. The Morgan fingerprint density at radius 3 is 2.20 bits per heavy atom. The molecule has 0 aliphatic rings. The minimum atomic E-state index is -0.445. The highest BCUT2D eigenvalue weighted by Crippen LogP contribution is 2.45. The molecule has 0 saturated carbocycles. The number of benzene rings is 3. The Morgan fingerprint density at radius 2 is 1.53 bits per heavy atom. The van der Waals surface area contributed by atoms with Crippen LogP contribution in [0.25, 0.3) is 6.08 Å². The maximum Gasteiger partial charge on any atom is 0.204 e. The van der Waals surface area contributed by atoms with Gasteiger partial charge in [0.2, 0.25) is 5.75 Å². The maximum atomic E-state index is 12.8. The van der Waals surface area contributed by atoms with E-state index < -0.39 is 5.78 Å². The summed E-state index contributed by atoms with van der Waals surface area (Å²) in [5.74, 6) is 1.24. The molecule has 0 unspecified atom stereocenters. The zero-order chi connectivity index (χ0) is 21.5. The monoisotopic (exact) mass is 406 g/mol. The summed E-state index contributed by atoms with van der Waals surface area (Å²) in [6, 6.07) is 18.0. The molecule has 6 nitrogen and oxygen atoms in total. The molecule has 1 N–H and O–H groups in total. The average molecular weight is 406 g/mol. The summed E-state index contributed by atoms with van der Waals surface area (Å²) in [5.41, 5.74) is 0.749. The van der Waals surface area contributed by atoms with Crippen LogP contribution in [0, 0.1) is 0 Å². The molecule has 0 fully saturated rings. The van der Waals surface area contributed by atoms with Crippen molar-refractivity contribution in [3.05, 3.63) is 77.9 Å². The highest BCUT2D eigenvalue weighted by Gasteiger charge is 2.24. The summed E-state index contributed by atoms with van der Waals surface area (Å²) in [5, 5.41) is 10.3. The molecule has 0 radical (unpaired) electrons. The number of allylic oxidation sites excluding steroid dienone is 1. The van der Waals surface area contributed by atoms with E-state index in [4.69, 9.17) is 18.9 Å². The third kappa shape index (κ3) is 4.55. The van der Waals surface area contributed by atoms with Crippen LogP contribution in [0.4, 0.5) is 0 Å². The molecule has 0 heterocycles. The van der Waals surface area contributed by atoms with E-state index in [1.807, 2.05) is 54.6 Å². The van der Waals surface area contributed by atoms with E-state index >= 15 is 0 Å². The first-order chi connectivity index (χ1) is 14.6. The number of ketones is 1. The molecule has 3 aromatic rings. The van der Waals surface area contributed by atoms with Gasteiger partial charge >= 0.3 is 0 Å². The van der Waals surface area contributed by atoms with Crippen LogP contribution in [0.3, 0.4) is 0 Å². The van der Waals surface area contributed by atoms with Crippen LogP contribution in [0.1, 0.15) is 15.9 Å². The number of carbonyl (C=O) groups excluding carboxylic acids is 1. The number of methoxy groups -OCH3 is 3. The van der Waals surface area contributed by atoms with Crippen LogP contribution in [0.2, 0.25) is 0 Å². The largest absolute Gasteiger partial charge is 0.507 e. The molecule has 0 spiro atoms. The summed E-state index contributed by atoms with van der Waals surface area (Å²) in [6.07, 6.45) is 2.99. The molecule has 6 heteroatoms. The lowest BCUT2D eigenvalue weighted by Crippen LogP contribution is -2.03. The molecule has 0 saturated heterocycles. The number of aromatic hydroxyl groups is 1. The summed E-state index contributed by atoms with van der Waals surface area (Å²) >= 11 is 0. The number of hydrogen-bond donors (Lipinski definition) is 1. The lowest BCUT2D eigenvalue weighted by molar-refractivity contribution is 0.104. The quantitative estimate of drug-likeness (QED) is 0.414. The van der Waals surface area contributed by atoms with E-state index in [1.165, 1.54) is 33.5 Å². The number of phenols is 1. The van der Waals surface area contributed by atoms with Crippen LogP contribution in [-0.2, 0) is 0 Å². The minimum Gasteiger partial charge on any atom is -0.507 e. The van der Waals surface area contributed by atoms with Crippen molar-refractivity contribution in [1.82, 2.24) is 0 Å². The van der Waals surface area contributed by atoms with Crippen LogP contribution < -0.4 is 18.9 Å². The second kappa shape index (κ2) is 9.52. The van der Waals surface area contributed by atoms with Gasteiger partial charge in [-0.3, -0.25) is 4.79 Å². The van der Waals surface area contributed by atoms with E-state index in [0.29, 0.717) is 5.75 Å². The van der Waals surface area contributed by atoms with Crippen molar-refractivity contribution in [3.8, 4) is 34.5 Å². The number of ether oxygens (including phenoxy) is 4. The Labute approximate surface area is 174 Å². The van der Waals surface area contributed by atoms with Crippen LogP contribution in [-0.4, -0.2) is 32.2 Å². The Balaban J connectivity index is 1.87. The molecule has 3 aromatic carbocycles. The SMILES string of the molecule is COc1cc(O)c(C(=O)C=Cc2cccc(Oc3ccccc3)c2)c(OC)c1OC. The molecule has 0 amide bonds. The van der Waals surface area contributed by atoms with Gasteiger partial charge in [0.15, 0.2) is 17.3 Å². The average Bonchev–Trinajstić information content (AvgIpc) is 2.77. The van der Waals surface area contributed by atoms with Gasteiger partial charge in [-0.05, 0) is 35.9 Å². The topological polar surface area (TPSA) is 74.2 Å². The van der Waals surface area contributed by atoms with Gasteiger partial charge in [-0.15, -0.1) is 0 Å². The van der Waals surface area contributed by atoms with Crippen LogP contribution in [0.15, 0.2) is 66.7 Å². The minimum absolute atomic E-state index is 0.0110. The van der Waals surface area contributed by atoms with Gasteiger partial charge in [0.1, 0.15) is 22.8 Å². The molecular formula is C24H22O6. The lowest BCUT2D eigenvalue weighted by Gasteiger charge is -2.15. The number of rotatable bonds is 8. The van der Waals surface area contributed by atoms with E-state index in [-0.39, 0.29) is 28.6 Å². The predicted molar refractivity (Wildman–Crippen MR) is 114 cm³/mol. The van der Waals surface area contributed by atoms with Crippen molar-refractivity contribution >= 4 is 11.9 Å². The lowest BCUT2D eigenvalue weighted by atomic mass is 10.0. The molecule has 30 heavy (non-hydrogen) atoms. The highest BCUT2D eigenvalue weighted by atomic mass is 16.5. The number of para-hydroxylation sites is 1. The van der Waals surface area contributed by atoms with Crippen molar-refractivity contribution in [2.45, 2.75) is 0 Å². The van der Waals surface area contributed by atoms with E-state index in [0.717, 1.165) is 11.3 Å². The first kappa shape index (κ1) is 20.8. The summed E-state index contributed by atoms with van der Waals surface area (Å²) in [6.45, 7) is 0. The zero-order valence-electron chi connectivity index (χ0n) is 16.9. The zero-order valence-corrected chi connectivity index (χ0v) is 16.9. The van der Waals surface area contributed by atoms with Crippen LogP contribution >= 0.6 is 0 Å². The fraction of sp³-hybridized carbons (Fsp3) is 0.125. The van der Waals surface area contributed by atoms with Gasteiger partial charge in [-0.2, -0.15) is 0 Å². The van der Waals surface area contributed by atoms with Crippen molar-refractivity contribution < 1.29 is 28.8 Å². The fourth-order valence-corrected chi connectivity index (χ4v) is 2.94. The van der Waals surface area contributed by atoms with Crippen molar-refractivity contribution in [2.75, 3.05) is 21.3 Å². The standard InChI is InChI=1S/C24H22O6/c1-27-21-15-20(26)22(24(29-3)23(21)28-2)19(25)13-12-16-8-7-11-18(14-16)30-17-9-5-4-6-10-17/h4-15,26H,1-3H3. The third-order valence-electron chi connectivity index (χ3n) is 4.32. The van der Waals surface area contributed by atoms with Gasteiger partial charge in [-0.25, -0.2) is 0 Å². The Hall–Kier alpha value is -3.93. The molecule has 0 aliphatic carbocycles. The fourth-order valence-electron chi connectivity index (χ4n) is 2.94. The van der Waals surface area contributed by atoms with Crippen molar-refractivity contribution in [2.24, 2.45) is 0 Å². The second-order valence-electron chi connectivity index (χ2n) is 6.22. The molecule has 154 valence electrons. The van der Waals surface area contributed by atoms with Gasteiger partial charge in [0, 0.05) is 6.07 Å². The normalized spacial score (nSPS) is 10.6. The summed E-state index contributed by atoms with van der Waals surface area (Å²) < 4.78 is 21.6. The Morgan fingerprint density at radius 1 is 0.833 bits per heavy atom. The first-order valence-corrected chi connectivity index (χ1v) is 9.14. The van der Waals surface area contributed by atoms with Gasteiger partial charge in [-0.1, -0.05) is 36.4 Å². The third-order valence-corrected chi connectivity index (χ3v) is 4.32. The molecule has 0 aromatic heterocycles. The van der Waals surface area contributed by atoms with Crippen molar-refractivity contribution in [1.29, 1.82) is 0 Å². The number of carbonyl (C=O) groups is 1. The molecular weight excluding hydrogens is 384 g/mol. The van der Waals surface area contributed by atoms with E-state index in [2.05, 4.69) is 0 Å². The maximum absolute atomic E-state index is 12.8. The van der Waals surface area contributed by atoms with E-state index in [1.54, 1.807) is 6.08 Å². The first-order valence-electron chi connectivity index (χ1n) is 9.14. The smallest absolute Gasteiger partial charge is 0.204 e. The van der Waals surface area contributed by atoms with Crippen LogP contribution in [0.5, 0.6) is 34.5 Å². The Bertz CT molecular complexity index is 1060. The Kier molecular flexibility index (Phi) is 6.60. The second-order valence-corrected chi connectivity index (χ2v) is 6.22. The highest BCUT2D eigenvalue weighted by molar-refractivity contribution is 6.11.